The molecule has 0 aliphatic carbocycles. The number of amides is 1. The van der Waals surface area contributed by atoms with E-state index in [2.05, 4.69) is 15.1 Å². The Morgan fingerprint density at radius 1 is 1.15 bits per heavy atom. The van der Waals surface area contributed by atoms with Gasteiger partial charge in [-0.2, -0.15) is 0 Å². The summed E-state index contributed by atoms with van der Waals surface area (Å²) in [5, 5.41) is 4.60. The molecule has 1 N–H and O–H groups in total. The molecule has 0 bridgehead atoms. The van der Waals surface area contributed by atoms with Gasteiger partial charge in [0.2, 0.25) is 0 Å². The number of sulfone groups is 1. The number of hydrogen-bond acceptors (Lipinski definition) is 7. The molecule has 0 radical (unpaired) electrons. The summed E-state index contributed by atoms with van der Waals surface area (Å²) in [6.07, 6.45) is 0. The summed E-state index contributed by atoms with van der Waals surface area (Å²) in [6, 6.07) is 10.3. The minimum atomic E-state index is -3.46. The summed E-state index contributed by atoms with van der Waals surface area (Å²) in [6.45, 7) is 8.20. The summed E-state index contributed by atoms with van der Waals surface area (Å²) in [4.78, 5) is 22.1. The third-order valence-electron chi connectivity index (χ3n) is 5.89. The molecule has 3 aromatic rings. The van der Waals surface area contributed by atoms with Gasteiger partial charge in [0.05, 0.1) is 31.5 Å². The van der Waals surface area contributed by atoms with Crippen LogP contribution in [0.1, 0.15) is 22.8 Å². The normalized spacial score (nSPS) is 15.2. The van der Waals surface area contributed by atoms with Gasteiger partial charge in [0.1, 0.15) is 0 Å². The van der Waals surface area contributed by atoms with Crippen molar-refractivity contribution in [2.75, 3.05) is 49.9 Å². The number of fused-ring (bicyclic) bond motifs is 1. The maximum atomic E-state index is 12.6. The van der Waals surface area contributed by atoms with E-state index in [1.807, 2.05) is 19.1 Å². The fraction of sp³-hybridized carbons (Fsp3) is 0.391. The number of thiazole rings is 1. The molecule has 1 aliphatic heterocycles. The van der Waals surface area contributed by atoms with Crippen molar-refractivity contribution < 1.29 is 13.2 Å². The number of aryl methyl sites for hydroxylation is 1. The van der Waals surface area contributed by atoms with E-state index in [0.29, 0.717) is 13.1 Å². The van der Waals surface area contributed by atoms with Crippen molar-refractivity contribution in [1.29, 1.82) is 0 Å². The van der Waals surface area contributed by atoms with Gasteiger partial charge in [0.15, 0.2) is 15.0 Å². The van der Waals surface area contributed by atoms with Gasteiger partial charge < -0.3 is 10.2 Å². The van der Waals surface area contributed by atoms with Crippen LogP contribution in [0.25, 0.3) is 10.2 Å². The van der Waals surface area contributed by atoms with Gasteiger partial charge in [-0.05, 0) is 30.7 Å². The molecule has 0 saturated carbocycles. The lowest BCUT2D eigenvalue weighted by molar-refractivity contribution is 0.0944. The zero-order chi connectivity index (χ0) is 23.6. The van der Waals surface area contributed by atoms with Crippen LogP contribution in [0.5, 0.6) is 0 Å². The average molecular weight is 507 g/mol. The first kappa shape index (κ1) is 23.9. The summed E-state index contributed by atoms with van der Waals surface area (Å²) >= 11 is 7.98. The Morgan fingerprint density at radius 2 is 1.88 bits per heavy atom. The zero-order valence-electron chi connectivity index (χ0n) is 18.7. The first-order valence-corrected chi connectivity index (χ1v) is 13.8. The van der Waals surface area contributed by atoms with Gasteiger partial charge in [0, 0.05) is 39.3 Å². The number of carbonyl (C=O) groups excluding carboxylic acids is 1. The van der Waals surface area contributed by atoms with E-state index >= 15 is 0 Å². The van der Waals surface area contributed by atoms with Crippen molar-refractivity contribution in [2.24, 2.45) is 0 Å². The molecule has 176 valence electrons. The number of nitrogens with zero attached hydrogens (tertiary/aromatic N) is 3. The third-order valence-corrected chi connectivity index (χ3v) is 9.25. The topological polar surface area (TPSA) is 82.6 Å². The van der Waals surface area contributed by atoms with E-state index < -0.39 is 9.84 Å². The molecule has 33 heavy (non-hydrogen) atoms. The Hall–Kier alpha value is -2.20. The van der Waals surface area contributed by atoms with Crippen molar-refractivity contribution in [3.05, 3.63) is 52.5 Å². The third kappa shape index (κ3) is 5.16. The predicted molar refractivity (Wildman–Crippen MR) is 135 cm³/mol. The highest BCUT2D eigenvalue weighted by atomic mass is 35.5. The van der Waals surface area contributed by atoms with Crippen LogP contribution in [-0.2, 0) is 9.84 Å². The highest BCUT2D eigenvalue weighted by Gasteiger charge is 2.22. The number of halogens is 1. The van der Waals surface area contributed by atoms with Crippen molar-refractivity contribution in [3.63, 3.8) is 0 Å². The van der Waals surface area contributed by atoms with E-state index in [1.54, 1.807) is 36.5 Å². The fourth-order valence-corrected chi connectivity index (χ4v) is 6.35. The summed E-state index contributed by atoms with van der Waals surface area (Å²) in [5.41, 5.74) is 2.30. The number of rotatable bonds is 7. The molecule has 4 rings (SSSR count). The van der Waals surface area contributed by atoms with Crippen LogP contribution in [0, 0.1) is 6.92 Å². The molecule has 2 heterocycles. The lowest BCUT2D eigenvalue weighted by Gasteiger charge is -2.34. The lowest BCUT2D eigenvalue weighted by atomic mass is 10.2. The molecule has 0 unspecified atom stereocenters. The first-order chi connectivity index (χ1) is 15.8. The van der Waals surface area contributed by atoms with Gasteiger partial charge in [0.25, 0.3) is 5.91 Å². The van der Waals surface area contributed by atoms with Crippen molar-refractivity contribution >= 4 is 54.0 Å². The number of benzene rings is 2. The minimum absolute atomic E-state index is 0.0397. The van der Waals surface area contributed by atoms with Crippen molar-refractivity contribution in [2.45, 2.75) is 18.7 Å². The molecular formula is C23H27ClN4O3S2. The molecular weight excluding hydrogens is 480 g/mol. The van der Waals surface area contributed by atoms with Gasteiger partial charge >= 0.3 is 0 Å². The van der Waals surface area contributed by atoms with Crippen LogP contribution in [-0.4, -0.2) is 69.2 Å². The van der Waals surface area contributed by atoms with Gasteiger partial charge in [-0.25, -0.2) is 13.4 Å². The van der Waals surface area contributed by atoms with Gasteiger partial charge in [-0.15, -0.1) is 0 Å². The van der Waals surface area contributed by atoms with E-state index in [-0.39, 0.29) is 22.1 Å². The molecule has 1 fully saturated rings. The molecule has 10 heteroatoms. The second-order valence-electron chi connectivity index (χ2n) is 8.02. The number of carbonyl (C=O) groups is 1. The van der Waals surface area contributed by atoms with Crippen LogP contribution in [0.2, 0.25) is 5.02 Å². The number of nitrogens with one attached hydrogen (secondary N) is 1. The molecule has 1 amide bonds. The Labute approximate surface area is 203 Å². The number of anilines is 1. The molecule has 1 aliphatic rings. The Morgan fingerprint density at radius 3 is 2.58 bits per heavy atom. The largest absolute Gasteiger partial charge is 0.351 e. The average Bonchev–Trinajstić information content (AvgIpc) is 3.29. The summed E-state index contributed by atoms with van der Waals surface area (Å²) in [7, 11) is -3.46. The van der Waals surface area contributed by atoms with Crippen LogP contribution >= 0.6 is 22.9 Å². The van der Waals surface area contributed by atoms with Gasteiger partial charge in [-0.1, -0.05) is 48.1 Å². The van der Waals surface area contributed by atoms with Crippen molar-refractivity contribution in [3.8, 4) is 0 Å². The van der Waals surface area contributed by atoms with E-state index in [4.69, 9.17) is 16.6 Å². The monoisotopic (exact) mass is 506 g/mol. The lowest BCUT2D eigenvalue weighted by Crippen LogP contribution is -2.48. The molecule has 1 aromatic heterocycles. The Balaban J connectivity index is 1.31. The molecule has 1 saturated heterocycles. The number of hydrogen-bond donors (Lipinski definition) is 1. The van der Waals surface area contributed by atoms with Crippen LogP contribution < -0.4 is 10.2 Å². The molecule has 7 nitrogen and oxygen atoms in total. The Kier molecular flexibility index (Phi) is 7.23. The van der Waals surface area contributed by atoms with E-state index in [1.165, 1.54) is 6.07 Å². The smallest absolute Gasteiger partial charge is 0.252 e. The van der Waals surface area contributed by atoms with Crippen LogP contribution in [0.3, 0.4) is 0 Å². The summed E-state index contributed by atoms with van der Waals surface area (Å²) < 4.78 is 25.6. The fourth-order valence-electron chi connectivity index (χ4n) is 3.89. The second-order valence-corrected chi connectivity index (χ2v) is 11.7. The van der Waals surface area contributed by atoms with Crippen LogP contribution in [0.15, 0.2) is 41.3 Å². The summed E-state index contributed by atoms with van der Waals surface area (Å²) in [5.74, 6) is -0.398. The highest BCUT2D eigenvalue weighted by molar-refractivity contribution is 7.91. The standard InChI is InChI=1S/C23H27ClN4O3S2/c1-3-33(30,31)19-7-5-4-6-17(19)22(29)25-10-11-27-12-14-28(15-13-27)23-26-20-16(2)8-9-18(24)21(20)32-23/h4-9H,3,10-15H2,1-2H3,(H,25,29). The van der Waals surface area contributed by atoms with Crippen molar-refractivity contribution in [1.82, 2.24) is 15.2 Å². The quantitative estimate of drug-likeness (QED) is 0.527. The van der Waals surface area contributed by atoms with E-state index in [9.17, 15) is 13.2 Å². The molecule has 0 atom stereocenters. The number of piperazine rings is 1. The second kappa shape index (κ2) is 9.97. The Bertz CT molecular complexity index is 1230. The maximum Gasteiger partial charge on any atom is 0.252 e. The SMILES string of the molecule is CCS(=O)(=O)c1ccccc1C(=O)NCCN1CCN(c2nc3c(C)ccc(Cl)c3s2)CC1. The molecule has 2 aromatic carbocycles. The number of aromatic nitrogens is 1. The maximum absolute atomic E-state index is 12.6. The van der Waals surface area contributed by atoms with E-state index in [0.717, 1.165) is 52.1 Å². The predicted octanol–water partition coefficient (Wildman–Crippen LogP) is 3.60. The van der Waals surface area contributed by atoms with Crippen LogP contribution in [0.4, 0.5) is 5.13 Å². The minimum Gasteiger partial charge on any atom is -0.351 e. The molecule has 0 spiro atoms. The van der Waals surface area contributed by atoms with Gasteiger partial charge in [-0.3, -0.25) is 9.69 Å². The zero-order valence-corrected chi connectivity index (χ0v) is 21.1. The first-order valence-electron chi connectivity index (χ1n) is 10.9. The highest BCUT2D eigenvalue weighted by Crippen LogP contribution is 2.35.